The van der Waals surface area contributed by atoms with Crippen molar-refractivity contribution in [2.24, 2.45) is 0 Å². The fraction of sp³-hybridized carbons (Fsp3) is 0.591. The number of fused-ring (bicyclic) bond motifs is 1. The highest BCUT2D eigenvalue weighted by Crippen LogP contribution is 2.44. The third-order valence-electron chi connectivity index (χ3n) is 4.68. The Morgan fingerprint density at radius 3 is 2.08 bits per heavy atom. The van der Waals surface area contributed by atoms with Gasteiger partial charge in [0.15, 0.2) is 11.5 Å². The van der Waals surface area contributed by atoms with E-state index in [1.165, 1.54) is 20.8 Å². The monoisotopic (exact) mass is 619 g/mol. The molecule has 0 aliphatic carbocycles. The molecule has 15 heteroatoms. The van der Waals surface area contributed by atoms with Gasteiger partial charge in [0.25, 0.3) is 10.0 Å². The van der Waals surface area contributed by atoms with Gasteiger partial charge in [-0.1, -0.05) is 6.92 Å². The number of ether oxygens (including phenoxy) is 3. The predicted molar refractivity (Wildman–Crippen MR) is 145 cm³/mol. The van der Waals surface area contributed by atoms with Crippen LogP contribution in [0.2, 0.25) is 0 Å². The summed E-state index contributed by atoms with van der Waals surface area (Å²) in [5.74, 6) is 1.57. The van der Waals surface area contributed by atoms with Crippen molar-refractivity contribution in [1.29, 1.82) is 0 Å². The molecule has 210 valence electrons. The number of amides is 1. The average molecular weight is 621 g/mol. The predicted octanol–water partition coefficient (Wildman–Crippen LogP) is 5.54. The molecule has 0 saturated heterocycles. The van der Waals surface area contributed by atoms with E-state index in [0.29, 0.717) is 65.0 Å². The highest BCUT2D eigenvalue weighted by molar-refractivity contribution is 7.92. The number of aryl methyl sites for hydroxylation is 1. The molecule has 2 aromatic rings. The van der Waals surface area contributed by atoms with Crippen molar-refractivity contribution in [2.45, 2.75) is 56.8 Å². The Kier molecular flexibility index (Phi) is 11.4. The van der Waals surface area contributed by atoms with Crippen LogP contribution in [0.15, 0.2) is 16.3 Å². The number of alkyl halides is 2. The number of thiophene rings is 1. The van der Waals surface area contributed by atoms with Gasteiger partial charge in [0.1, 0.15) is 16.1 Å². The number of carbonyl (C=O) groups is 1. The van der Waals surface area contributed by atoms with E-state index in [-0.39, 0.29) is 14.9 Å². The highest BCUT2D eigenvalue weighted by Gasteiger charge is 2.40. The molecule has 0 spiro atoms. The summed E-state index contributed by atoms with van der Waals surface area (Å²) < 4.78 is 56.4. The molecule has 1 aromatic carbocycles. The summed E-state index contributed by atoms with van der Waals surface area (Å²) in [5.41, 5.74) is -0.730. The SMILES string of the molecule is CCc1c(S(=O)(=O)N(CP(=O)(O)O)C(=O)OC(C)(C)C)sc2cc(OCCCCl)c(OCCCCl)cc12. The Labute approximate surface area is 231 Å². The van der Waals surface area contributed by atoms with Gasteiger partial charge in [-0.15, -0.1) is 34.5 Å². The van der Waals surface area contributed by atoms with Gasteiger partial charge in [0, 0.05) is 27.9 Å². The van der Waals surface area contributed by atoms with Crippen LogP contribution in [-0.2, 0) is 25.7 Å². The van der Waals surface area contributed by atoms with Crippen LogP contribution in [0.5, 0.6) is 11.5 Å². The first-order valence-electron chi connectivity index (χ1n) is 11.4. The highest BCUT2D eigenvalue weighted by atomic mass is 35.5. The Morgan fingerprint density at radius 2 is 1.62 bits per heavy atom. The zero-order chi connectivity index (χ0) is 28.0. The Hall–Kier alpha value is -1.27. The van der Waals surface area contributed by atoms with Crippen LogP contribution in [0.1, 0.15) is 46.1 Å². The van der Waals surface area contributed by atoms with Gasteiger partial charge < -0.3 is 24.0 Å². The first kappa shape index (κ1) is 31.9. The maximum absolute atomic E-state index is 13.7. The summed E-state index contributed by atoms with van der Waals surface area (Å²) in [6.07, 6.45) is -1.33. The largest absolute Gasteiger partial charge is 0.490 e. The Bertz CT molecular complexity index is 1240. The van der Waals surface area contributed by atoms with Crippen LogP contribution in [0.25, 0.3) is 10.1 Å². The minimum Gasteiger partial charge on any atom is -0.490 e. The zero-order valence-electron chi connectivity index (χ0n) is 21.0. The van der Waals surface area contributed by atoms with E-state index in [4.69, 9.17) is 37.4 Å². The van der Waals surface area contributed by atoms with E-state index < -0.39 is 35.6 Å². The third-order valence-corrected chi connectivity index (χ3v) is 9.50. The summed E-state index contributed by atoms with van der Waals surface area (Å²) in [6.45, 7) is 6.91. The third kappa shape index (κ3) is 8.88. The molecule has 0 atom stereocenters. The molecule has 1 amide bonds. The molecule has 0 bridgehead atoms. The van der Waals surface area contributed by atoms with Crippen molar-refractivity contribution in [1.82, 2.24) is 4.31 Å². The summed E-state index contributed by atoms with van der Waals surface area (Å²) in [5, 5.41) is 0.553. The fourth-order valence-electron chi connectivity index (χ4n) is 3.19. The summed E-state index contributed by atoms with van der Waals surface area (Å²) in [6, 6.07) is 3.30. The molecule has 2 rings (SSSR count). The van der Waals surface area contributed by atoms with Gasteiger partial charge in [0.05, 0.1) is 13.2 Å². The molecule has 0 aliphatic rings. The molecular formula is C22H32Cl2NO9PS2. The minimum atomic E-state index is -4.97. The Balaban J connectivity index is 2.67. The smallest absolute Gasteiger partial charge is 0.424 e. The molecule has 0 unspecified atom stereocenters. The van der Waals surface area contributed by atoms with Gasteiger partial charge in [-0.3, -0.25) is 4.57 Å². The van der Waals surface area contributed by atoms with Crippen LogP contribution >= 0.6 is 42.1 Å². The summed E-state index contributed by atoms with van der Waals surface area (Å²) >= 11 is 12.4. The fourth-order valence-corrected chi connectivity index (χ4v) is 7.91. The van der Waals surface area contributed by atoms with Crippen molar-refractivity contribution >= 4 is 68.3 Å². The quantitative estimate of drug-likeness (QED) is 0.168. The van der Waals surface area contributed by atoms with E-state index in [1.54, 1.807) is 19.1 Å². The first-order chi connectivity index (χ1) is 17.1. The van der Waals surface area contributed by atoms with Gasteiger partial charge in [-0.05, 0) is 51.7 Å². The lowest BCUT2D eigenvalue weighted by Gasteiger charge is -2.27. The lowest BCUT2D eigenvalue weighted by molar-refractivity contribution is 0.0404. The van der Waals surface area contributed by atoms with E-state index in [2.05, 4.69) is 0 Å². The number of benzene rings is 1. The number of halogens is 2. The van der Waals surface area contributed by atoms with E-state index in [0.717, 1.165) is 11.3 Å². The molecule has 1 aromatic heterocycles. The Morgan fingerprint density at radius 1 is 1.08 bits per heavy atom. The van der Waals surface area contributed by atoms with Crippen molar-refractivity contribution in [3.8, 4) is 11.5 Å². The number of carbonyl (C=O) groups excluding carboxylic acids is 1. The maximum Gasteiger partial charge on any atom is 0.424 e. The first-order valence-corrected chi connectivity index (χ1v) is 16.5. The van der Waals surface area contributed by atoms with Gasteiger partial charge in [0.2, 0.25) is 0 Å². The molecule has 1 heterocycles. The van der Waals surface area contributed by atoms with Gasteiger partial charge in [-0.25, -0.2) is 4.79 Å². The standard InChI is InChI=1S/C22H32Cl2NO9PS2/c1-5-15-16-12-17(32-10-6-8-23)18(33-11-7-9-24)13-19(16)36-20(15)37(30,31)25(14-35(27,28)29)21(26)34-22(2,3)4/h12-13H,5-11,14H2,1-4H3,(H2,27,28,29). The van der Waals surface area contributed by atoms with Crippen molar-refractivity contribution in [3.63, 3.8) is 0 Å². The molecular weight excluding hydrogens is 588 g/mol. The van der Waals surface area contributed by atoms with Crippen LogP contribution in [0.4, 0.5) is 4.79 Å². The van der Waals surface area contributed by atoms with Gasteiger partial charge >= 0.3 is 13.7 Å². The molecule has 0 radical (unpaired) electrons. The molecule has 37 heavy (non-hydrogen) atoms. The summed E-state index contributed by atoms with van der Waals surface area (Å²) in [4.78, 5) is 31.9. The topological polar surface area (TPSA) is 140 Å². The molecule has 0 saturated carbocycles. The van der Waals surface area contributed by atoms with E-state index >= 15 is 0 Å². The van der Waals surface area contributed by atoms with Crippen molar-refractivity contribution in [2.75, 3.05) is 31.3 Å². The molecule has 0 aliphatic heterocycles. The van der Waals surface area contributed by atoms with Crippen LogP contribution in [0.3, 0.4) is 0 Å². The van der Waals surface area contributed by atoms with Crippen LogP contribution in [0, 0.1) is 0 Å². The summed E-state index contributed by atoms with van der Waals surface area (Å²) in [7, 11) is -9.68. The normalized spacial score (nSPS) is 12.5. The number of sulfonamides is 1. The number of nitrogens with zero attached hydrogens (tertiary/aromatic N) is 1. The molecule has 0 fully saturated rings. The molecule has 10 nitrogen and oxygen atoms in total. The van der Waals surface area contributed by atoms with E-state index in [1.807, 2.05) is 0 Å². The average Bonchev–Trinajstić information content (AvgIpc) is 3.14. The number of hydrogen-bond acceptors (Lipinski definition) is 8. The van der Waals surface area contributed by atoms with Crippen molar-refractivity contribution in [3.05, 3.63) is 17.7 Å². The molecule has 2 N–H and O–H groups in total. The lowest BCUT2D eigenvalue weighted by Crippen LogP contribution is -2.41. The van der Waals surface area contributed by atoms with Crippen LogP contribution < -0.4 is 9.47 Å². The van der Waals surface area contributed by atoms with E-state index in [9.17, 15) is 27.6 Å². The van der Waals surface area contributed by atoms with Gasteiger partial charge in [-0.2, -0.15) is 12.7 Å². The van der Waals surface area contributed by atoms with Crippen molar-refractivity contribution < 1.29 is 41.8 Å². The van der Waals surface area contributed by atoms with Crippen LogP contribution in [-0.4, -0.2) is 65.5 Å². The maximum atomic E-state index is 13.7. The second kappa shape index (κ2) is 13.2. The second-order valence-corrected chi connectivity index (χ2v) is 14.4. The lowest BCUT2D eigenvalue weighted by atomic mass is 10.1. The zero-order valence-corrected chi connectivity index (χ0v) is 25.1. The minimum absolute atomic E-state index is 0.0959. The number of rotatable bonds is 13. The second-order valence-electron chi connectivity index (χ2n) is 8.94. The number of hydrogen-bond donors (Lipinski definition) is 2.